The summed E-state index contributed by atoms with van der Waals surface area (Å²) in [6.45, 7) is 3.43. The van der Waals surface area contributed by atoms with Crippen molar-refractivity contribution in [3.05, 3.63) is 27.8 Å². The second kappa shape index (κ2) is 7.31. The van der Waals surface area contributed by atoms with E-state index in [1.807, 2.05) is 24.3 Å². The molecule has 0 amide bonds. The zero-order chi connectivity index (χ0) is 12.8. The number of rotatable bonds is 6. The van der Waals surface area contributed by atoms with Crippen molar-refractivity contribution in [1.29, 1.82) is 0 Å². The number of hydrogen-bond acceptors (Lipinski definition) is 3. The van der Waals surface area contributed by atoms with Gasteiger partial charge in [-0.3, -0.25) is 4.90 Å². The van der Waals surface area contributed by atoms with Gasteiger partial charge in [-0.15, -0.1) is 0 Å². The number of ether oxygens (including phenoxy) is 1. The standard InChI is InChI=1S/C14H20INO2/c15-13-5-1-2-6-14(13)18-12(7-10-17)11-16-8-3-4-9-16/h1-2,5-6,12,17H,3-4,7-11H2/t12-/m0/s1. The van der Waals surface area contributed by atoms with Crippen molar-refractivity contribution < 1.29 is 9.84 Å². The zero-order valence-electron chi connectivity index (χ0n) is 10.5. The third-order valence-electron chi connectivity index (χ3n) is 3.24. The average Bonchev–Trinajstić information content (AvgIpc) is 2.85. The lowest BCUT2D eigenvalue weighted by Gasteiger charge is -2.24. The van der Waals surface area contributed by atoms with Gasteiger partial charge in [0.15, 0.2) is 0 Å². The van der Waals surface area contributed by atoms with E-state index >= 15 is 0 Å². The molecule has 1 aliphatic rings. The van der Waals surface area contributed by atoms with Crippen LogP contribution in [-0.4, -0.2) is 42.4 Å². The van der Waals surface area contributed by atoms with Gasteiger partial charge in [0.2, 0.25) is 0 Å². The molecule has 0 unspecified atom stereocenters. The van der Waals surface area contributed by atoms with E-state index in [4.69, 9.17) is 9.84 Å². The molecule has 1 saturated heterocycles. The molecular weight excluding hydrogens is 341 g/mol. The minimum absolute atomic E-state index is 0.0871. The van der Waals surface area contributed by atoms with Crippen molar-refractivity contribution in [2.45, 2.75) is 25.4 Å². The minimum Gasteiger partial charge on any atom is -0.488 e. The number of halogens is 1. The number of aliphatic hydroxyl groups is 1. The Morgan fingerprint density at radius 3 is 2.67 bits per heavy atom. The Kier molecular flexibility index (Phi) is 5.72. The maximum Gasteiger partial charge on any atom is 0.133 e. The van der Waals surface area contributed by atoms with Crippen molar-refractivity contribution in [2.75, 3.05) is 26.2 Å². The Morgan fingerprint density at radius 1 is 1.28 bits per heavy atom. The van der Waals surface area contributed by atoms with E-state index in [0.29, 0.717) is 6.42 Å². The van der Waals surface area contributed by atoms with Crippen LogP contribution in [0.1, 0.15) is 19.3 Å². The van der Waals surface area contributed by atoms with Crippen molar-refractivity contribution in [3.8, 4) is 5.75 Å². The van der Waals surface area contributed by atoms with Crippen LogP contribution in [0.3, 0.4) is 0 Å². The largest absolute Gasteiger partial charge is 0.488 e. The van der Waals surface area contributed by atoms with Crippen LogP contribution in [0.5, 0.6) is 5.75 Å². The molecular formula is C14H20INO2. The summed E-state index contributed by atoms with van der Waals surface area (Å²) in [7, 11) is 0. The van der Waals surface area contributed by atoms with Gasteiger partial charge in [-0.1, -0.05) is 12.1 Å². The fourth-order valence-electron chi connectivity index (χ4n) is 2.30. The van der Waals surface area contributed by atoms with Crippen molar-refractivity contribution in [1.82, 2.24) is 4.90 Å². The number of hydrogen-bond donors (Lipinski definition) is 1. The molecule has 0 aliphatic carbocycles. The van der Waals surface area contributed by atoms with Crippen molar-refractivity contribution in [2.24, 2.45) is 0 Å². The second-order valence-corrected chi connectivity index (χ2v) is 5.85. The first-order valence-electron chi connectivity index (χ1n) is 6.54. The van der Waals surface area contributed by atoms with E-state index in [9.17, 15) is 0 Å². The van der Waals surface area contributed by atoms with Gasteiger partial charge < -0.3 is 9.84 Å². The molecule has 100 valence electrons. The van der Waals surface area contributed by atoms with Crippen LogP contribution in [0.25, 0.3) is 0 Å². The van der Waals surface area contributed by atoms with Gasteiger partial charge in [0.05, 0.1) is 3.57 Å². The second-order valence-electron chi connectivity index (χ2n) is 4.69. The number of benzene rings is 1. The summed E-state index contributed by atoms with van der Waals surface area (Å²) in [5.41, 5.74) is 0. The van der Waals surface area contributed by atoms with Gasteiger partial charge in [0.1, 0.15) is 11.9 Å². The van der Waals surface area contributed by atoms with Gasteiger partial charge in [-0.25, -0.2) is 0 Å². The summed E-state index contributed by atoms with van der Waals surface area (Å²) < 4.78 is 7.16. The van der Waals surface area contributed by atoms with Gasteiger partial charge in [0.25, 0.3) is 0 Å². The van der Waals surface area contributed by atoms with Gasteiger partial charge >= 0.3 is 0 Å². The molecule has 0 saturated carbocycles. The fraction of sp³-hybridized carbons (Fsp3) is 0.571. The number of para-hydroxylation sites is 1. The summed E-state index contributed by atoms with van der Waals surface area (Å²) in [5, 5.41) is 9.16. The summed E-state index contributed by atoms with van der Waals surface area (Å²) in [4.78, 5) is 2.43. The van der Waals surface area contributed by atoms with E-state index in [1.165, 1.54) is 12.8 Å². The van der Waals surface area contributed by atoms with E-state index < -0.39 is 0 Å². The predicted octanol–water partition coefficient (Wildman–Crippen LogP) is 2.52. The van der Waals surface area contributed by atoms with Crippen LogP contribution in [0.15, 0.2) is 24.3 Å². The van der Waals surface area contributed by atoms with Crippen LogP contribution < -0.4 is 4.74 Å². The number of likely N-dealkylation sites (tertiary alicyclic amines) is 1. The first-order chi connectivity index (χ1) is 8.79. The predicted molar refractivity (Wildman–Crippen MR) is 81.0 cm³/mol. The third-order valence-corrected chi connectivity index (χ3v) is 4.13. The molecule has 1 fully saturated rings. The molecule has 1 aromatic rings. The molecule has 3 nitrogen and oxygen atoms in total. The zero-order valence-corrected chi connectivity index (χ0v) is 12.7. The molecule has 18 heavy (non-hydrogen) atoms. The molecule has 0 spiro atoms. The summed E-state index contributed by atoms with van der Waals surface area (Å²) >= 11 is 2.29. The molecule has 1 aromatic carbocycles. The quantitative estimate of drug-likeness (QED) is 0.791. The van der Waals surface area contributed by atoms with Crippen LogP contribution in [0, 0.1) is 3.57 Å². The molecule has 1 atom stereocenters. The molecule has 1 aliphatic heterocycles. The van der Waals surface area contributed by atoms with Crippen molar-refractivity contribution >= 4 is 22.6 Å². The van der Waals surface area contributed by atoms with Gasteiger partial charge in [-0.2, -0.15) is 0 Å². The highest BCUT2D eigenvalue weighted by Gasteiger charge is 2.19. The highest BCUT2D eigenvalue weighted by atomic mass is 127. The monoisotopic (exact) mass is 361 g/mol. The molecule has 1 heterocycles. The van der Waals surface area contributed by atoms with E-state index in [1.54, 1.807) is 0 Å². The van der Waals surface area contributed by atoms with E-state index in [0.717, 1.165) is 29.0 Å². The Hall–Kier alpha value is -0.330. The Labute approximate surface area is 122 Å². The first kappa shape index (κ1) is 14.1. The average molecular weight is 361 g/mol. The Bertz CT molecular complexity index is 367. The van der Waals surface area contributed by atoms with E-state index in [2.05, 4.69) is 27.5 Å². The smallest absolute Gasteiger partial charge is 0.133 e. The lowest BCUT2D eigenvalue weighted by atomic mass is 10.2. The van der Waals surface area contributed by atoms with E-state index in [-0.39, 0.29) is 12.7 Å². The lowest BCUT2D eigenvalue weighted by Crippen LogP contribution is -2.34. The van der Waals surface area contributed by atoms with Gasteiger partial charge in [-0.05, 0) is 60.7 Å². The molecule has 0 radical (unpaired) electrons. The topological polar surface area (TPSA) is 32.7 Å². The Balaban J connectivity index is 1.94. The van der Waals surface area contributed by atoms with Crippen molar-refractivity contribution in [3.63, 3.8) is 0 Å². The summed E-state index contributed by atoms with van der Waals surface area (Å²) in [6, 6.07) is 8.04. The maximum atomic E-state index is 9.16. The van der Waals surface area contributed by atoms with Crippen LogP contribution in [-0.2, 0) is 0 Å². The maximum absolute atomic E-state index is 9.16. The first-order valence-corrected chi connectivity index (χ1v) is 7.62. The number of nitrogens with zero attached hydrogens (tertiary/aromatic N) is 1. The lowest BCUT2D eigenvalue weighted by molar-refractivity contribution is 0.115. The molecule has 2 rings (SSSR count). The molecule has 0 aromatic heterocycles. The number of aliphatic hydroxyl groups excluding tert-OH is 1. The van der Waals surface area contributed by atoms with Crippen LogP contribution in [0.2, 0.25) is 0 Å². The molecule has 4 heteroatoms. The molecule has 0 bridgehead atoms. The summed E-state index contributed by atoms with van der Waals surface area (Å²) in [5.74, 6) is 0.927. The highest BCUT2D eigenvalue weighted by Crippen LogP contribution is 2.22. The highest BCUT2D eigenvalue weighted by molar-refractivity contribution is 14.1. The molecule has 1 N–H and O–H groups in total. The van der Waals surface area contributed by atoms with Crippen LogP contribution >= 0.6 is 22.6 Å². The SMILES string of the molecule is OCC[C@@H](CN1CCCC1)Oc1ccccc1I. The normalized spacial score (nSPS) is 17.9. The minimum atomic E-state index is 0.0871. The summed E-state index contributed by atoms with van der Waals surface area (Å²) in [6.07, 6.45) is 3.36. The third kappa shape index (κ3) is 4.10. The van der Waals surface area contributed by atoms with Crippen LogP contribution in [0.4, 0.5) is 0 Å². The fourth-order valence-corrected chi connectivity index (χ4v) is 2.82. The van der Waals surface area contributed by atoms with Gasteiger partial charge in [0, 0.05) is 19.6 Å². The Morgan fingerprint density at radius 2 is 2.00 bits per heavy atom.